The minimum absolute atomic E-state index is 0.0589. The van der Waals surface area contributed by atoms with Gasteiger partial charge in [-0.1, -0.05) is 19.8 Å². The zero-order chi connectivity index (χ0) is 12.1. The van der Waals surface area contributed by atoms with E-state index >= 15 is 0 Å². The summed E-state index contributed by atoms with van der Waals surface area (Å²) >= 11 is 0. The van der Waals surface area contributed by atoms with Crippen molar-refractivity contribution in [1.29, 1.82) is 0 Å². The third-order valence-corrected chi connectivity index (χ3v) is 5.05. The normalized spacial score (nSPS) is 46.0. The molecule has 0 aromatic heterocycles. The molecule has 2 aliphatic carbocycles. The summed E-state index contributed by atoms with van der Waals surface area (Å²) in [4.78, 5) is 11.3. The van der Waals surface area contributed by atoms with E-state index in [1.807, 2.05) is 0 Å². The number of rotatable bonds is 1. The number of esters is 1. The fourth-order valence-corrected chi connectivity index (χ4v) is 3.86. The minimum atomic E-state index is -0.245. The summed E-state index contributed by atoms with van der Waals surface area (Å²) in [5, 5.41) is 0. The van der Waals surface area contributed by atoms with Crippen LogP contribution in [0, 0.1) is 5.41 Å². The van der Waals surface area contributed by atoms with Crippen LogP contribution >= 0.6 is 0 Å². The van der Waals surface area contributed by atoms with E-state index in [0.29, 0.717) is 5.41 Å². The first-order valence-electron chi connectivity index (χ1n) is 6.58. The van der Waals surface area contributed by atoms with Gasteiger partial charge in [0.05, 0.1) is 7.11 Å². The van der Waals surface area contributed by atoms with Crippen LogP contribution in [-0.4, -0.2) is 24.8 Å². The van der Waals surface area contributed by atoms with Crippen LogP contribution < -0.4 is 0 Å². The number of carbonyl (C=O) groups excluding carboxylic acids is 1. The monoisotopic (exact) mass is 236 g/mol. The van der Waals surface area contributed by atoms with Gasteiger partial charge >= 0.3 is 5.97 Å². The highest BCUT2D eigenvalue weighted by atomic mass is 16.6. The molecule has 0 amide bonds. The predicted molar refractivity (Wildman–Crippen MR) is 63.5 cm³/mol. The molecule has 3 rings (SSSR count). The molecule has 2 saturated carbocycles. The molecular formula is C14H20O3. The summed E-state index contributed by atoms with van der Waals surface area (Å²) in [6.07, 6.45) is 8.99. The summed E-state index contributed by atoms with van der Waals surface area (Å²) in [5.41, 5.74) is 1.54. The average Bonchev–Trinajstić information content (AvgIpc) is 3.05. The minimum Gasteiger partial charge on any atom is -0.466 e. The molecule has 1 spiro atoms. The summed E-state index contributed by atoms with van der Waals surface area (Å²) < 4.78 is 10.8. The molecule has 0 N–H and O–H groups in total. The van der Waals surface area contributed by atoms with Gasteiger partial charge in [0.1, 0.15) is 11.7 Å². The van der Waals surface area contributed by atoms with Crippen LogP contribution in [0.3, 0.4) is 0 Å². The molecule has 1 heterocycles. The molecule has 3 atom stereocenters. The quantitative estimate of drug-likeness (QED) is 0.399. The van der Waals surface area contributed by atoms with Crippen molar-refractivity contribution in [3.63, 3.8) is 0 Å². The van der Waals surface area contributed by atoms with E-state index in [0.717, 1.165) is 24.8 Å². The molecule has 1 aliphatic heterocycles. The molecule has 94 valence electrons. The first-order valence-corrected chi connectivity index (χ1v) is 6.58. The van der Waals surface area contributed by atoms with Crippen LogP contribution in [0.2, 0.25) is 0 Å². The maximum absolute atomic E-state index is 11.3. The van der Waals surface area contributed by atoms with Crippen LogP contribution in [-0.2, 0) is 14.3 Å². The predicted octanol–water partition coefficient (Wildman–Crippen LogP) is 2.60. The number of hydrogen-bond donors (Lipinski definition) is 0. The zero-order valence-electron chi connectivity index (χ0n) is 10.6. The average molecular weight is 236 g/mol. The topological polar surface area (TPSA) is 38.8 Å². The van der Waals surface area contributed by atoms with Gasteiger partial charge in [-0.3, -0.25) is 0 Å². The van der Waals surface area contributed by atoms with Crippen molar-refractivity contribution >= 4 is 5.97 Å². The largest absolute Gasteiger partial charge is 0.466 e. The van der Waals surface area contributed by atoms with Gasteiger partial charge in [-0.15, -0.1) is 0 Å². The molecule has 17 heavy (non-hydrogen) atoms. The van der Waals surface area contributed by atoms with Gasteiger partial charge in [-0.25, -0.2) is 4.79 Å². The smallest absolute Gasteiger partial charge is 0.330 e. The second kappa shape index (κ2) is 3.58. The number of carbonyl (C=O) groups is 1. The van der Waals surface area contributed by atoms with Gasteiger partial charge in [-0.05, 0) is 36.7 Å². The lowest BCUT2D eigenvalue weighted by Crippen LogP contribution is -2.43. The summed E-state index contributed by atoms with van der Waals surface area (Å²) in [6, 6.07) is 0. The van der Waals surface area contributed by atoms with Crippen LogP contribution in [0.15, 0.2) is 11.6 Å². The van der Waals surface area contributed by atoms with Crippen LogP contribution in [0.4, 0.5) is 0 Å². The number of hydrogen-bond acceptors (Lipinski definition) is 3. The first-order chi connectivity index (χ1) is 8.11. The van der Waals surface area contributed by atoms with Gasteiger partial charge < -0.3 is 9.47 Å². The molecule has 0 aromatic rings. The summed E-state index contributed by atoms with van der Waals surface area (Å²) in [6.45, 7) is 2.36. The molecular weight excluding hydrogens is 216 g/mol. The van der Waals surface area contributed by atoms with Crippen molar-refractivity contribution in [3.8, 4) is 0 Å². The summed E-state index contributed by atoms with van der Waals surface area (Å²) in [7, 11) is 1.43. The highest BCUT2D eigenvalue weighted by Crippen LogP contribution is 2.65. The van der Waals surface area contributed by atoms with Crippen molar-refractivity contribution in [2.45, 2.75) is 57.2 Å². The van der Waals surface area contributed by atoms with Crippen LogP contribution in [0.25, 0.3) is 0 Å². The van der Waals surface area contributed by atoms with Crippen molar-refractivity contribution in [1.82, 2.24) is 0 Å². The van der Waals surface area contributed by atoms with Gasteiger partial charge in [0.15, 0.2) is 0 Å². The van der Waals surface area contributed by atoms with E-state index in [2.05, 4.69) is 6.92 Å². The highest BCUT2D eigenvalue weighted by Gasteiger charge is 2.69. The highest BCUT2D eigenvalue weighted by molar-refractivity contribution is 5.83. The maximum Gasteiger partial charge on any atom is 0.330 e. The molecule has 0 unspecified atom stereocenters. The van der Waals surface area contributed by atoms with Gasteiger partial charge in [0, 0.05) is 6.08 Å². The molecule has 3 fully saturated rings. The van der Waals surface area contributed by atoms with Gasteiger partial charge in [0.2, 0.25) is 0 Å². The molecule has 0 radical (unpaired) electrons. The lowest BCUT2D eigenvalue weighted by molar-refractivity contribution is -0.134. The Labute approximate surface area is 102 Å². The number of ether oxygens (including phenoxy) is 2. The molecule has 0 bridgehead atoms. The van der Waals surface area contributed by atoms with E-state index < -0.39 is 0 Å². The molecule has 3 heteroatoms. The molecule has 3 nitrogen and oxygen atoms in total. The van der Waals surface area contributed by atoms with Crippen molar-refractivity contribution in [2.24, 2.45) is 5.41 Å². The van der Waals surface area contributed by atoms with Gasteiger partial charge in [-0.2, -0.15) is 0 Å². The van der Waals surface area contributed by atoms with E-state index in [1.165, 1.54) is 26.4 Å². The Hall–Kier alpha value is -0.830. The van der Waals surface area contributed by atoms with Crippen LogP contribution in [0.5, 0.6) is 0 Å². The fraction of sp³-hybridized carbons (Fsp3) is 0.786. The zero-order valence-corrected chi connectivity index (χ0v) is 10.6. The van der Waals surface area contributed by atoms with Crippen LogP contribution in [0.1, 0.15) is 45.4 Å². The van der Waals surface area contributed by atoms with Crippen molar-refractivity contribution in [3.05, 3.63) is 11.6 Å². The van der Waals surface area contributed by atoms with E-state index in [4.69, 9.17) is 9.47 Å². The Balaban J connectivity index is 1.85. The fourth-order valence-electron chi connectivity index (χ4n) is 3.86. The SMILES string of the molecule is COC(=O)/C=C1/CC[C@]2(C)CCCC[C@@]23O[C@@H]13. The second-order valence-corrected chi connectivity index (χ2v) is 5.90. The van der Waals surface area contributed by atoms with E-state index in [1.54, 1.807) is 6.08 Å². The van der Waals surface area contributed by atoms with E-state index in [-0.39, 0.29) is 17.7 Å². The number of methoxy groups -OCH3 is 1. The lowest BCUT2D eigenvalue weighted by Gasteiger charge is -2.43. The van der Waals surface area contributed by atoms with Crippen molar-refractivity contribution < 1.29 is 14.3 Å². The molecule has 3 aliphatic rings. The number of epoxide rings is 1. The lowest BCUT2D eigenvalue weighted by atomic mass is 9.59. The molecule has 0 aromatic carbocycles. The Morgan fingerprint density at radius 2 is 2.18 bits per heavy atom. The second-order valence-electron chi connectivity index (χ2n) is 5.90. The molecule has 1 saturated heterocycles. The third-order valence-electron chi connectivity index (χ3n) is 5.05. The standard InChI is InChI=1S/C14H20O3/c1-13-6-3-4-7-14(13)12(17-14)10(5-8-13)9-11(15)16-2/h9,12H,3-8H2,1-2H3/b10-9-/t12-,13-,14-/m0/s1. The van der Waals surface area contributed by atoms with Gasteiger partial charge in [0.25, 0.3) is 0 Å². The Morgan fingerprint density at radius 3 is 2.94 bits per heavy atom. The summed E-state index contributed by atoms with van der Waals surface area (Å²) in [5.74, 6) is -0.245. The Morgan fingerprint density at radius 1 is 1.41 bits per heavy atom. The Bertz CT molecular complexity index is 387. The maximum atomic E-state index is 11.3. The first kappa shape index (κ1) is 11.3. The van der Waals surface area contributed by atoms with E-state index in [9.17, 15) is 4.79 Å². The van der Waals surface area contributed by atoms with Crippen molar-refractivity contribution in [2.75, 3.05) is 7.11 Å². The Kier molecular flexibility index (Phi) is 2.37. The third kappa shape index (κ3) is 1.48.